The molecule has 150 valence electrons. The molecule has 0 radical (unpaired) electrons. The van der Waals surface area contributed by atoms with Gasteiger partial charge in [0.2, 0.25) is 15.9 Å². The lowest BCUT2D eigenvalue weighted by Crippen LogP contribution is -2.60. The summed E-state index contributed by atoms with van der Waals surface area (Å²) in [5, 5.41) is 0. The van der Waals surface area contributed by atoms with Crippen LogP contribution in [-0.2, 0) is 29.8 Å². The van der Waals surface area contributed by atoms with E-state index in [1.807, 2.05) is 30.3 Å². The smallest absolute Gasteiger partial charge is 0.303 e. The van der Waals surface area contributed by atoms with Crippen LogP contribution in [0.5, 0.6) is 0 Å². The quantitative estimate of drug-likeness (QED) is 0.564. The molecule has 3 aliphatic rings. The van der Waals surface area contributed by atoms with Gasteiger partial charge in [0, 0.05) is 25.8 Å². The number of amides is 1. The molecule has 0 unspecified atom stereocenters. The normalized spacial score (nSPS) is 30.6. The van der Waals surface area contributed by atoms with Crippen molar-refractivity contribution >= 4 is 27.6 Å². The number of fused-ring (bicyclic) bond motifs is 1. The Morgan fingerprint density at radius 3 is 2.57 bits per heavy atom. The van der Waals surface area contributed by atoms with Gasteiger partial charge in [-0.3, -0.25) is 13.9 Å². The van der Waals surface area contributed by atoms with E-state index in [1.54, 1.807) is 17.9 Å². The predicted molar refractivity (Wildman–Crippen MR) is 104 cm³/mol. The van der Waals surface area contributed by atoms with Gasteiger partial charge in [-0.15, -0.1) is 0 Å². The molecule has 8 heteroatoms. The van der Waals surface area contributed by atoms with Crippen molar-refractivity contribution in [3.05, 3.63) is 42.0 Å². The zero-order chi connectivity index (χ0) is 20.3. The Hall–Kier alpha value is -2.35. The van der Waals surface area contributed by atoms with E-state index in [2.05, 4.69) is 0 Å². The highest BCUT2D eigenvalue weighted by Gasteiger charge is 2.65. The highest BCUT2D eigenvalue weighted by atomic mass is 32.2. The Labute approximate surface area is 165 Å². The number of nitrogens with zero attached hydrogens (tertiary/aromatic N) is 2. The minimum absolute atomic E-state index is 0.0176. The molecule has 1 aromatic rings. The molecule has 2 aliphatic heterocycles. The van der Waals surface area contributed by atoms with Crippen LogP contribution in [0.3, 0.4) is 0 Å². The lowest BCUT2D eigenvalue weighted by molar-refractivity contribution is -0.150. The molecular formula is C20H24N2O5S. The first kappa shape index (κ1) is 19.0. The van der Waals surface area contributed by atoms with Crippen LogP contribution in [0.4, 0.5) is 5.69 Å². The topological polar surface area (TPSA) is 84.0 Å². The van der Waals surface area contributed by atoms with Gasteiger partial charge in [-0.25, -0.2) is 8.42 Å². The lowest BCUT2D eigenvalue weighted by atomic mass is 9.66. The fourth-order valence-electron chi connectivity index (χ4n) is 5.22. The van der Waals surface area contributed by atoms with Crippen molar-refractivity contribution in [1.29, 1.82) is 0 Å². The molecule has 4 rings (SSSR count). The van der Waals surface area contributed by atoms with Crippen LogP contribution >= 0.6 is 0 Å². The van der Waals surface area contributed by atoms with Gasteiger partial charge in [-0.2, -0.15) is 0 Å². The maximum absolute atomic E-state index is 13.0. The van der Waals surface area contributed by atoms with Gasteiger partial charge in [0.25, 0.3) is 0 Å². The molecule has 1 fully saturated rings. The van der Waals surface area contributed by atoms with Gasteiger partial charge in [0.05, 0.1) is 23.5 Å². The summed E-state index contributed by atoms with van der Waals surface area (Å²) in [6.07, 6.45) is 3.57. The van der Waals surface area contributed by atoms with E-state index >= 15 is 0 Å². The van der Waals surface area contributed by atoms with Gasteiger partial charge >= 0.3 is 5.97 Å². The predicted octanol–water partition coefficient (Wildman–Crippen LogP) is 1.59. The molecule has 1 spiro atoms. The average Bonchev–Trinajstić information content (AvgIpc) is 3.18. The fraction of sp³-hybridized carbons (Fsp3) is 0.500. The standard InChI is InChI=1S/C20H24N2O5S/c1-4-28(25,26)22-16-8-6-5-7-15(16)20-11-12-21(13(2)23)19(20)17(27-14(3)24)9-10-18(20)22/h5-10,17-19H,4,11-12H2,1-3H3/t17-,18+,19+,20+/m1/s1. The number of rotatable bonds is 3. The maximum atomic E-state index is 13.0. The second kappa shape index (κ2) is 6.34. The number of carbonyl (C=O) groups excluding carboxylic acids is 2. The molecule has 1 amide bonds. The van der Waals surface area contributed by atoms with E-state index in [4.69, 9.17) is 4.74 Å². The van der Waals surface area contributed by atoms with Crippen LogP contribution in [0.25, 0.3) is 0 Å². The molecular weight excluding hydrogens is 380 g/mol. The van der Waals surface area contributed by atoms with Crippen LogP contribution in [0, 0.1) is 0 Å². The Bertz CT molecular complexity index is 973. The molecule has 1 aliphatic carbocycles. The summed E-state index contributed by atoms with van der Waals surface area (Å²) >= 11 is 0. The van der Waals surface area contributed by atoms with Gasteiger partial charge in [0.1, 0.15) is 6.10 Å². The summed E-state index contributed by atoms with van der Waals surface area (Å²) in [6, 6.07) is 6.58. The van der Waals surface area contributed by atoms with E-state index in [0.717, 1.165) is 5.56 Å². The van der Waals surface area contributed by atoms with Gasteiger partial charge in [-0.1, -0.05) is 24.3 Å². The minimum Gasteiger partial charge on any atom is -0.456 e. The number of para-hydroxylation sites is 1. The van der Waals surface area contributed by atoms with Crippen LogP contribution < -0.4 is 4.31 Å². The number of benzene rings is 1. The summed E-state index contributed by atoms with van der Waals surface area (Å²) in [6.45, 7) is 4.96. The van der Waals surface area contributed by atoms with Crippen molar-refractivity contribution < 1.29 is 22.7 Å². The van der Waals surface area contributed by atoms with Crippen LogP contribution in [0.1, 0.15) is 32.8 Å². The van der Waals surface area contributed by atoms with Crippen molar-refractivity contribution in [2.24, 2.45) is 0 Å². The number of sulfonamides is 1. The molecule has 0 N–H and O–H groups in total. The van der Waals surface area contributed by atoms with Crippen molar-refractivity contribution in [1.82, 2.24) is 4.90 Å². The number of hydrogen-bond donors (Lipinski definition) is 0. The van der Waals surface area contributed by atoms with E-state index in [1.165, 1.54) is 18.2 Å². The minimum atomic E-state index is -3.53. The second-order valence-electron chi connectivity index (χ2n) is 7.56. The number of anilines is 1. The van der Waals surface area contributed by atoms with Crippen LogP contribution in [0.15, 0.2) is 36.4 Å². The summed E-state index contributed by atoms with van der Waals surface area (Å²) in [5.74, 6) is -0.554. The number of hydrogen-bond acceptors (Lipinski definition) is 5. The van der Waals surface area contributed by atoms with Crippen molar-refractivity contribution in [3.63, 3.8) is 0 Å². The number of esters is 1. The summed E-state index contributed by atoms with van der Waals surface area (Å²) in [4.78, 5) is 25.8. The third-order valence-corrected chi connectivity index (χ3v) is 7.97. The highest BCUT2D eigenvalue weighted by molar-refractivity contribution is 7.92. The number of carbonyl (C=O) groups is 2. The first-order valence-corrected chi connectivity index (χ1v) is 11.1. The molecule has 0 aromatic heterocycles. The van der Waals surface area contributed by atoms with Crippen molar-refractivity contribution in [3.8, 4) is 0 Å². The summed E-state index contributed by atoms with van der Waals surface area (Å²) < 4.78 is 33.1. The number of likely N-dealkylation sites (tertiary alicyclic amines) is 1. The third kappa shape index (κ3) is 2.43. The first-order chi connectivity index (χ1) is 13.2. The van der Waals surface area contributed by atoms with E-state index < -0.39 is 39.6 Å². The zero-order valence-corrected chi connectivity index (χ0v) is 17.0. The van der Waals surface area contributed by atoms with Gasteiger partial charge in [0.15, 0.2) is 0 Å². The highest BCUT2D eigenvalue weighted by Crippen LogP contribution is 2.57. The largest absolute Gasteiger partial charge is 0.456 e. The lowest BCUT2D eigenvalue weighted by Gasteiger charge is -2.45. The van der Waals surface area contributed by atoms with Crippen LogP contribution in [-0.4, -0.2) is 55.7 Å². The molecule has 1 saturated heterocycles. The van der Waals surface area contributed by atoms with Crippen LogP contribution in [0.2, 0.25) is 0 Å². The molecule has 1 aromatic carbocycles. The molecule has 28 heavy (non-hydrogen) atoms. The van der Waals surface area contributed by atoms with E-state index in [9.17, 15) is 18.0 Å². The monoisotopic (exact) mass is 404 g/mol. The Kier molecular flexibility index (Phi) is 4.30. The SMILES string of the molecule is CCS(=O)(=O)N1c2ccccc2[C@]23CCN(C(C)=O)[C@H]2[C@H](OC(C)=O)C=C[C@H]13. The van der Waals surface area contributed by atoms with Gasteiger partial charge < -0.3 is 9.64 Å². The summed E-state index contributed by atoms with van der Waals surface area (Å²) in [5.41, 5.74) is 0.907. The molecule has 2 heterocycles. The summed E-state index contributed by atoms with van der Waals surface area (Å²) in [7, 11) is -3.53. The number of ether oxygens (including phenoxy) is 1. The maximum Gasteiger partial charge on any atom is 0.303 e. The Morgan fingerprint density at radius 2 is 1.93 bits per heavy atom. The Morgan fingerprint density at radius 1 is 1.21 bits per heavy atom. The molecule has 0 saturated carbocycles. The zero-order valence-electron chi connectivity index (χ0n) is 16.2. The van der Waals surface area contributed by atoms with Crippen molar-refractivity contribution in [2.45, 2.75) is 50.8 Å². The molecule has 0 bridgehead atoms. The van der Waals surface area contributed by atoms with E-state index in [0.29, 0.717) is 18.7 Å². The average molecular weight is 404 g/mol. The van der Waals surface area contributed by atoms with Gasteiger partial charge in [-0.05, 0) is 31.1 Å². The molecule has 4 atom stereocenters. The first-order valence-electron chi connectivity index (χ1n) is 9.48. The molecule has 7 nitrogen and oxygen atoms in total. The van der Waals surface area contributed by atoms with E-state index in [-0.39, 0.29) is 11.7 Å². The third-order valence-electron chi connectivity index (χ3n) is 6.22. The second-order valence-corrected chi connectivity index (χ2v) is 9.70. The fourth-order valence-corrected chi connectivity index (χ4v) is 6.56. The Balaban J connectivity index is 1.97. The van der Waals surface area contributed by atoms with Crippen molar-refractivity contribution in [2.75, 3.05) is 16.6 Å².